The van der Waals surface area contributed by atoms with Crippen LogP contribution in [0.4, 0.5) is 23.7 Å². The molecule has 3 nitrogen and oxygen atoms in total. The average molecular weight is 245 g/mol. The molecule has 0 fully saturated rings. The van der Waals surface area contributed by atoms with E-state index in [4.69, 9.17) is 0 Å². The van der Waals surface area contributed by atoms with Crippen molar-refractivity contribution in [3.05, 3.63) is 42.2 Å². The van der Waals surface area contributed by atoms with E-state index in [1.165, 1.54) is 6.92 Å². The van der Waals surface area contributed by atoms with Crippen LogP contribution in [0.5, 0.6) is 0 Å². The van der Waals surface area contributed by atoms with E-state index in [0.717, 1.165) is 24.3 Å². The monoisotopic (exact) mass is 245 g/mol. The summed E-state index contributed by atoms with van der Waals surface area (Å²) in [5.74, 6) is 0.189. The molecule has 0 bridgehead atoms. The molecule has 1 rings (SSSR count). The van der Waals surface area contributed by atoms with E-state index < -0.39 is 17.8 Å². The van der Waals surface area contributed by atoms with Crippen molar-refractivity contribution in [2.75, 3.05) is 5.32 Å². The Morgan fingerprint density at radius 2 is 1.82 bits per heavy atom. The van der Waals surface area contributed by atoms with E-state index in [0.29, 0.717) is 0 Å². The molecule has 0 unspecified atom stereocenters. The number of hydrogen-bond donors (Lipinski definition) is 1. The first kappa shape index (κ1) is 13.1. The third-order valence-electron chi connectivity index (χ3n) is 1.73. The normalized spacial score (nSPS) is 10.8. The van der Waals surface area contributed by atoms with Crippen LogP contribution in [-0.2, 0) is 10.9 Å². The maximum absolute atomic E-state index is 12.2. The third kappa shape index (κ3) is 4.18. The number of rotatable bonds is 2. The summed E-state index contributed by atoms with van der Waals surface area (Å²) >= 11 is 0. The van der Waals surface area contributed by atoms with E-state index in [2.05, 4.69) is 16.6 Å². The zero-order valence-corrected chi connectivity index (χ0v) is 8.97. The largest absolute Gasteiger partial charge is 0.416 e. The Morgan fingerprint density at radius 1 is 1.29 bits per heavy atom. The molecule has 0 aromatic heterocycles. The van der Waals surface area contributed by atoms with Gasteiger partial charge in [0.05, 0.1) is 11.3 Å². The molecule has 17 heavy (non-hydrogen) atoms. The fourth-order valence-electron chi connectivity index (χ4n) is 1.04. The van der Waals surface area contributed by atoms with Crippen LogP contribution in [-0.4, -0.2) is 6.09 Å². The van der Waals surface area contributed by atoms with Crippen LogP contribution in [0.2, 0.25) is 0 Å². The molecule has 0 saturated heterocycles. The van der Waals surface area contributed by atoms with Gasteiger partial charge in [-0.2, -0.15) is 13.2 Å². The fraction of sp³-hybridized carbons (Fsp3) is 0.182. The van der Waals surface area contributed by atoms with Gasteiger partial charge in [0.25, 0.3) is 0 Å². The zero-order chi connectivity index (χ0) is 13.1. The molecule has 0 heterocycles. The summed E-state index contributed by atoms with van der Waals surface area (Å²) in [6.45, 7) is 4.83. The van der Waals surface area contributed by atoms with Crippen molar-refractivity contribution < 1.29 is 22.7 Å². The molecule has 0 aliphatic carbocycles. The van der Waals surface area contributed by atoms with Gasteiger partial charge in [-0.15, -0.1) is 0 Å². The standard InChI is InChI=1S/C11H10F3NO2/c1-7(2)17-10(16)15-9-5-3-8(4-6-9)11(12,13)14/h3-6H,1H2,2H3,(H,15,16). The number of nitrogens with one attached hydrogen (secondary N) is 1. The van der Waals surface area contributed by atoms with Crippen LogP contribution in [0, 0.1) is 0 Å². The lowest BCUT2D eigenvalue weighted by atomic mass is 10.2. The van der Waals surface area contributed by atoms with Gasteiger partial charge in [-0.1, -0.05) is 6.58 Å². The highest BCUT2D eigenvalue weighted by Crippen LogP contribution is 2.29. The van der Waals surface area contributed by atoms with Crippen molar-refractivity contribution in [1.82, 2.24) is 0 Å². The molecule has 0 aliphatic rings. The van der Waals surface area contributed by atoms with Gasteiger partial charge < -0.3 is 4.74 Å². The predicted octanol–water partition coefficient (Wildman–Crippen LogP) is 3.79. The molecule has 0 radical (unpaired) electrons. The maximum Gasteiger partial charge on any atom is 0.416 e. The molecule has 0 atom stereocenters. The molecule has 1 amide bonds. The van der Waals surface area contributed by atoms with Crippen LogP contribution in [0.1, 0.15) is 12.5 Å². The molecule has 1 aromatic carbocycles. The van der Waals surface area contributed by atoms with E-state index >= 15 is 0 Å². The molecular weight excluding hydrogens is 235 g/mol. The topological polar surface area (TPSA) is 38.3 Å². The van der Waals surface area contributed by atoms with Gasteiger partial charge in [0, 0.05) is 5.69 Å². The van der Waals surface area contributed by atoms with Crippen LogP contribution >= 0.6 is 0 Å². The molecule has 1 N–H and O–H groups in total. The van der Waals surface area contributed by atoms with Gasteiger partial charge in [-0.3, -0.25) is 5.32 Å². The maximum atomic E-state index is 12.2. The minimum Gasteiger partial charge on any atom is -0.416 e. The summed E-state index contributed by atoms with van der Waals surface area (Å²) in [6, 6.07) is 4.03. The summed E-state index contributed by atoms with van der Waals surface area (Å²) in [5.41, 5.74) is -0.569. The van der Waals surface area contributed by atoms with Crippen LogP contribution in [0.25, 0.3) is 0 Å². The van der Waals surface area contributed by atoms with E-state index in [1.807, 2.05) is 0 Å². The SMILES string of the molecule is C=C(C)OC(=O)Nc1ccc(C(F)(F)F)cc1. The summed E-state index contributed by atoms with van der Waals surface area (Å²) in [4.78, 5) is 11.1. The second-order valence-corrected chi connectivity index (χ2v) is 3.29. The van der Waals surface area contributed by atoms with Gasteiger partial charge in [-0.25, -0.2) is 4.79 Å². The molecular formula is C11H10F3NO2. The van der Waals surface area contributed by atoms with Crippen molar-refractivity contribution in [2.24, 2.45) is 0 Å². The average Bonchev–Trinajstić information content (AvgIpc) is 2.15. The number of ether oxygens (including phenoxy) is 1. The first-order chi connectivity index (χ1) is 7.79. The Balaban J connectivity index is 2.69. The van der Waals surface area contributed by atoms with Crippen molar-refractivity contribution >= 4 is 11.8 Å². The number of carbonyl (C=O) groups is 1. The number of benzene rings is 1. The Morgan fingerprint density at radius 3 is 2.24 bits per heavy atom. The summed E-state index contributed by atoms with van der Waals surface area (Å²) in [6.07, 6.45) is -5.19. The summed E-state index contributed by atoms with van der Waals surface area (Å²) in [7, 11) is 0. The first-order valence-corrected chi connectivity index (χ1v) is 4.60. The van der Waals surface area contributed by atoms with E-state index in [-0.39, 0.29) is 11.4 Å². The van der Waals surface area contributed by atoms with Gasteiger partial charge in [0.15, 0.2) is 0 Å². The minimum absolute atomic E-state index is 0.189. The lowest BCUT2D eigenvalue weighted by Crippen LogP contribution is -2.12. The molecule has 92 valence electrons. The lowest BCUT2D eigenvalue weighted by Gasteiger charge is -2.08. The van der Waals surface area contributed by atoms with E-state index in [1.54, 1.807) is 0 Å². The van der Waals surface area contributed by atoms with Crippen molar-refractivity contribution in [1.29, 1.82) is 0 Å². The highest BCUT2D eigenvalue weighted by Gasteiger charge is 2.29. The molecule has 1 aromatic rings. The summed E-state index contributed by atoms with van der Waals surface area (Å²) in [5, 5.41) is 2.26. The van der Waals surface area contributed by atoms with Crippen molar-refractivity contribution in [3.8, 4) is 0 Å². The number of hydrogen-bond acceptors (Lipinski definition) is 2. The number of anilines is 1. The second-order valence-electron chi connectivity index (χ2n) is 3.29. The Bertz CT molecular complexity index is 423. The number of carbonyl (C=O) groups excluding carboxylic acids is 1. The van der Waals surface area contributed by atoms with Gasteiger partial charge in [-0.05, 0) is 31.2 Å². The number of amides is 1. The molecule has 0 spiro atoms. The van der Waals surface area contributed by atoms with E-state index in [9.17, 15) is 18.0 Å². The van der Waals surface area contributed by atoms with Crippen LogP contribution in [0.15, 0.2) is 36.6 Å². The Hall–Kier alpha value is -1.98. The van der Waals surface area contributed by atoms with Gasteiger partial charge in [0.1, 0.15) is 0 Å². The van der Waals surface area contributed by atoms with Gasteiger partial charge in [0.2, 0.25) is 0 Å². The molecule has 0 saturated carbocycles. The highest BCUT2D eigenvalue weighted by atomic mass is 19.4. The zero-order valence-electron chi connectivity index (χ0n) is 8.97. The minimum atomic E-state index is -4.39. The fourth-order valence-corrected chi connectivity index (χ4v) is 1.04. The molecule has 0 aliphatic heterocycles. The lowest BCUT2D eigenvalue weighted by molar-refractivity contribution is -0.137. The van der Waals surface area contributed by atoms with Gasteiger partial charge >= 0.3 is 12.3 Å². The van der Waals surface area contributed by atoms with Crippen molar-refractivity contribution in [3.63, 3.8) is 0 Å². The number of halogens is 3. The Kier molecular flexibility index (Phi) is 3.77. The predicted molar refractivity (Wildman–Crippen MR) is 56.4 cm³/mol. The number of allylic oxidation sites excluding steroid dienone is 1. The highest BCUT2D eigenvalue weighted by molar-refractivity contribution is 5.85. The quantitative estimate of drug-likeness (QED) is 0.805. The number of alkyl halides is 3. The smallest absolute Gasteiger partial charge is 0.416 e. The second kappa shape index (κ2) is 4.90. The molecule has 6 heteroatoms. The Labute approximate surface area is 95.9 Å². The summed E-state index contributed by atoms with van der Waals surface area (Å²) < 4.78 is 41.3. The van der Waals surface area contributed by atoms with Crippen LogP contribution < -0.4 is 5.32 Å². The third-order valence-corrected chi connectivity index (χ3v) is 1.73. The van der Waals surface area contributed by atoms with Crippen molar-refractivity contribution in [2.45, 2.75) is 13.1 Å². The van der Waals surface area contributed by atoms with Crippen LogP contribution in [0.3, 0.4) is 0 Å². The first-order valence-electron chi connectivity index (χ1n) is 4.60.